The van der Waals surface area contributed by atoms with Gasteiger partial charge in [-0.3, -0.25) is 4.79 Å². The smallest absolute Gasteiger partial charge is 0.274 e. The molecule has 104 valence electrons. The van der Waals surface area contributed by atoms with Crippen LogP contribution in [0.2, 0.25) is 0 Å². The van der Waals surface area contributed by atoms with Crippen molar-refractivity contribution in [2.45, 2.75) is 13.5 Å². The van der Waals surface area contributed by atoms with E-state index in [9.17, 15) is 4.79 Å². The van der Waals surface area contributed by atoms with Crippen molar-refractivity contribution < 1.29 is 4.79 Å². The maximum absolute atomic E-state index is 12.3. The number of carbonyl (C=O) groups is 1. The van der Waals surface area contributed by atoms with Crippen LogP contribution >= 0.6 is 0 Å². The number of nitrogens with zero attached hydrogens (tertiary/aromatic N) is 3. The second kappa shape index (κ2) is 6.14. The standard InChI is InChI=1S/C15H18N4O/c1-11-6-4-5-7-12(11)10-19(3)15(20)13-8-18-14(16-2)9-17-13/h4-9H,10H2,1-3H3,(H,16,18). The third-order valence-electron chi connectivity index (χ3n) is 3.14. The molecule has 2 rings (SSSR count). The van der Waals surface area contributed by atoms with Crippen LogP contribution in [0.1, 0.15) is 21.6 Å². The quantitative estimate of drug-likeness (QED) is 0.924. The van der Waals surface area contributed by atoms with Crippen molar-refractivity contribution in [2.75, 3.05) is 19.4 Å². The van der Waals surface area contributed by atoms with Gasteiger partial charge in [-0.2, -0.15) is 0 Å². The molecular weight excluding hydrogens is 252 g/mol. The van der Waals surface area contributed by atoms with Gasteiger partial charge in [0.2, 0.25) is 0 Å². The Bertz CT molecular complexity index is 595. The highest BCUT2D eigenvalue weighted by molar-refractivity contribution is 5.91. The Balaban J connectivity index is 2.10. The zero-order valence-electron chi connectivity index (χ0n) is 11.9. The molecule has 1 aromatic heterocycles. The third-order valence-corrected chi connectivity index (χ3v) is 3.14. The van der Waals surface area contributed by atoms with Gasteiger partial charge >= 0.3 is 0 Å². The monoisotopic (exact) mass is 270 g/mol. The number of carbonyl (C=O) groups excluding carboxylic acids is 1. The van der Waals surface area contributed by atoms with Crippen LogP contribution < -0.4 is 5.32 Å². The lowest BCUT2D eigenvalue weighted by Crippen LogP contribution is -2.27. The number of aryl methyl sites for hydroxylation is 1. The molecule has 1 amide bonds. The number of hydrogen-bond acceptors (Lipinski definition) is 4. The maximum atomic E-state index is 12.3. The summed E-state index contributed by atoms with van der Waals surface area (Å²) < 4.78 is 0. The molecule has 0 saturated heterocycles. The van der Waals surface area contributed by atoms with Gasteiger partial charge in [0.15, 0.2) is 0 Å². The van der Waals surface area contributed by atoms with Gasteiger partial charge < -0.3 is 10.2 Å². The molecular formula is C15H18N4O. The van der Waals surface area contributed by atoms with Crippen molar-refractivity contribution in [1.82, 2.24) is 14.9 Å². The normalized spacial score (nSPS) is 10.2. The predicted molar refractivity (Wildman–Crippen MR) is 78.6 cm³/mol. The van der Waals surface area contributed by atoms with Gasteiger partial charge in [-0.1, -0.05) is 24.3 Å². The lowest BCUT2D eigenvalue weighted by Gasteiger charge is -2.18. The molecule has 0 aliphatic rings. The predicted octanol–water partition coefficient (Wildman–Crippen LogP) is 2.10. The molecule has 0 spiro atoms. The molecule has 5 nitrogen and oxygen atoms in total. The Morgan fingerprint density at radius 3 is 2.60 bits per heavy atom. The molecule has 0 aliphatic carbocycles. The average Bonchev–Trinajstić information content (AvgIpc) is 2.49. The number of rotatable bonds is 4. The van der Waals surface area contributed by atoms with Gasteiger partial charge in [0.1, 0.15) is 11.5 Å². The summed E-state index contributed by atoms with van der Waals surface area (Å²) in [6.45, 7) is 2.59. The molecule has 0 aliphatic heterocycles. The van der Waals surface area contributed by atoms with E-state index in [0.29, 0.717) is 18.1 Å². The van der Waals surface area contributed by atoms with E-state index < -0.39 is 0 Å². The summed E-state index contributed by atoms with van der Waals surface area (Å²) in [5.74, 6) is 0.506. The molecule has 1 aromatic carbocycles. The van der Waals surface area contributed by atoms with Crippen LogP contribution in [0.3, 0.4) is 0 Å². The lowest BCUT2D eigenvalue weighted by atomic mass is 10.1. The number of nitrogens with one attached hydrogen (secondary N) is 1. The molecule has 5 heteroatoms. The minimum absolute atomic E-state index is 0.136. The highest BCUT2D eigenvalue weighted by atomic mass is 16.2. The van der Waals surface area contributed by atoms with Crippen LogP contribution in [-0.4, -0.2) is 34.9 Å². The van der Waals surface area contributed by atoms with Gasteiger partial charge in [0.05, 0.1) is 12.4 Å². The summed E-state index contributed by atoms with van der Waals surface area (Å²) in [4.78, 5) is 22.1. The van der Waals surface area contributed by atoms with E-state index in [1.807, 2.05) is 31.2 Å². The summed E-state index contributed by atoms with van der Waals surface area (Å²) in [5.41, 5.74) is 2.65. The fourth-order valence-electron chi connectivity index (χ4n) is 1.88. The number of aromatic nitrogens is 2. The molecule has 0 saturated carbocycles. The molecule has 0 bridgehead atoms. The topological polar surface area (TPSA) is 58.1 Å². The first-order valence-electron chi connectivity index (χ1n) is 6.41. The van der Waals surface area contributed by atoms with Crippen molar-refractivity contribution in [3.63, 3.8) is 0 Å². The van der Waals surface area contributed by atoms with Gasteiger partial charge in [-0.05, 0) is 18.1 Å². The van der Waals surface area contributed by atoms with Crippen molar-refractivity contribution >= 4 is 11.7 Å². The molecule has 1 heterocycles. The lowest BCUT2D eigenvalue weighted by molar-refractivity contribution is 0.0778. The number of amides is 1. The molecule has 0 atom stereocenters. The molecule has 0 radical (unpaired) electrons. The van der Waals surface area contributed by atoms with E-state index in [4.69, 9.17) is 0 Å². The molecule has 1 N–H and O–H groups in total. The van der Waals surface area contributed by atoms with E-state index >= 15 is 0 Å². The van der Waals surface area contributed by atoms with Crippen LogP contribution in [0.15, 0.2) is 36.7 Å². The Morgan fingerprint density at radius 1 is 1.25 bits per heavy atom. The average molecular weight is 270 g/mol. The van der Waals surface area contributed by atoms with Crippen molar-refractivity contribution in [3.05, 3.63) is 53.5 Å². The molecule has 0 fully saturated rings. The Morgan fingerprint density at radius 2 is 2.00 bits per heavy atom. The van der Waals surface area contributed by atoms with Gasteiger partial charge in [0, 0.05) is 20.6 Å². The summed E-state index contributed by atoms with van der Waals surface area (Å²) in [7, 11) is 3.53. The Kier molecular flexibility index (Phi) is 4.30. The van der Waals surface area contributed by atoms with Crippen LogP contribution in [0.4, 0.5) is 5.82 Å². The fourth-order valence-corrected chi connectivity index (χ4v) is 1.88. The molecule has 0 unspecified atom stereocenters. The van der Waals surface area contributed by atoms with E-state index in [2.05, 4.69) is 15.3 Å². The van der Waals surface area contributed by atoms with Crippen molar-refractivity contribution in [3.8, 4) is 0 Å². The first-order chi connectivity index (χ1) is 9.61. The third kappa shape index (κ3) is 3.12. The highest BCUT2D eigenvalue weighted by Gasteiger charge is 2.14. The zero-order chi connectivity index (χ0) is 14.5. The van der Waals surface area contributed by atoms with Crippen LogP contribution in [0.25, 0.3) is 0 Å². The number of benzene rings is 1. The molecule has 20 heavy (non-hydrogen) atoms. The van der Waals surface area contributed by atoms with Crippen molar-refractivity contribution in [1.29, 1.82) is 0 Å². The van der Waals surface area contributed by atoms with E-state index in [0.717, 1.165) is 5.56 Å². The van der Waals surface area contributed by atoms with Gasteiger partial charge in [-0.25, -0.2) is 9.97 Å². The second-order valence-electron chi connectivity index (χ2n) is 4.62. The largest absolute Gasteiger partial charge is 0.372 e. The van der Waals surface area contributed by atoms with Gasteiger partial charge in [-0.15, -0.1) is 0 Å². The number of hydrogen-bond donors (Lipinski definition) is 1. The Hall–Kier alpha value is -2.43. The first kappa shape index (κ1) is 14.0. The summed E-state index contributed by atoms with van der Waals surface area (Å²) in [6, 6.07) is 8.02. The SMILES string of the molecule is CNc1cnc(C(=O)N(C)Cc2ccccc2C)cn1. The number of anilines is 1. The highest BCUT2D eigenvalue weighted by Crippen LogP contribution is 2.11. The second-order valence-corrected chi connectivity index (χ2v) is 4.62. The van der Waals surface area contributed by atoms with E-state index in [1.54, 1.807) is 25.2 Å². The first-order valence-corrected chi connectivity index (χ1v) is 6.41. The van der Waals surface area contributed by atoms with Crippen LogP contribution in [0, 0.1) is 6.92 Å². The molecule has 2 aromatic rings. The van der Waals surface area contributed by atoms with E-state index in [-0.39, 0.29) is 5.91 Å². The summed E-state index contributed by atoms with van der Waals surface area (Å²) >= 11 is 0. The zero-order valence-corrected chi connectivity index (χ0v) is 11.9. The van der Waals surface area contributed by atoms with E-state index in [1.165, 1.54) is 11.8 Å². The fraction of sp³-hybridized carbons (Fsp3) is 0.267. The maximum Gasteiger partial charge on any atom is 0.274 e. The Labute approximate surface area is 118 Å². The van der Waals surface area contributed by atoms with Crippen molar-refractivity contribution in [2.24, 2.45) is 0 Å². The van der Waals surface area contributed by atoms with Crippen LogP contribution in [0.5, 0.6) is 0 Å². The minimum Gasteiger partial charge on any atom is -0.372 e. The van der Waals surface area contributed by atoms with Gasteiger partial charge in [0.25, 0.3) is 5.91 Å². The summed E-state index contributed by atoms with van der Waals surface area (Å²) in [5, 5.41) is 2.87. The summed E-state index contributed by atoms with van der Waals surface area (Å²) in [6.07, 6.45) is 3.04. The minimum atomic E-state index is -0.136. The van der Waals surface area contributed by atoms with Crippen LogP contribution in [-0.2, 0) is 6.54 Å².